The first kappa shape index (κ1) is 9.57. The Morgan fingerprint density at radius 2 is 2.33 bits per heavy atom. The lowest BCUT2D eigenvalue weighted by atomic mass is 10.4. The standard InChI is InChI=1S/C9H10N4O2/c1-3-15-9(14)8-12-11-7-6(2)10-4-5-13(7)8/h4-5H,3H2,1-2H3. The molecule has 0 spiro atoms. The van der Waals surface area contributed by atoms with Gasteiger partial charge in [0, 0.05) is 12.4 Å². The molecule has 0 saturated heterocycles. The van der Waals surface area contributed by atoms with Gasteiger partial charge in [0.15, 0.2) is 5.65 Å². The van der Waals surface area contributed by atoms with Gasteiger partial charge in [-0.15, -0.1) is 10.2 Å². The van der Waals surface area contributed by atoms with E-state index in [2.05, 4.69) is 15.2 Å². The van der Waals surface area contributed by atoms with E-state index in [0.717, 1.165) is 5.69 Å². The van der Waals surface area contributed by atoms with Gasteiger partial charge in [-0.05, 0) is 13.8 Å². The molecule has 0 saturated carbocycles. The molecule has 2 aromatic rings. The Bertz CT molecular complexity index is 506. The number of fused-ring (bicyclic) bond motifs is 1. The van der Waals surface area contributed by atoms with E-state index >= 15 is 0 Å². The van der Waals surface area contributed by atoms with Gasteiger partial charge in [-0.1, -0.05) is 0 Å². The van der Waals surface area contributed by atoms with Gasteiger partial charge in [-0.3, -0.25) is 9.38 Å². The van der Waals surface area contributed by atoms with Gasteiger partial charge in [-0.2, -0.15) is 0 Å². The van der Waals surface area contributed by atoms with Crippen LogP contribution in [-0.4, -0.2) is 32.2 Å². The summed E-state index contributed by atoms with van der Waals surface area (Å²) in [7, 11) is 0. The maximum Gasteiger partial charge on any atom is 0.376 e. The summed E-state index contributed by atoms with van der Waals surface area (Å²) in [5.41, 5.74) is 1.29. The van der Waals surface area contributed by atoms with Crippen LogP contribution in [0.3, 0.4) is 0 Å². The summed E-state index contributed by atoms with van der Waals surface area (Å²) in [5, 5.41) is 7.64. The average molecular weight is 206 g/mol. The minimum atomic E-state index is -0.476. The molecule has 0 bridgehead atoms. The van der Waals surface area contributed by atoms with E-state index in [1.165, 1.54) is 0 Å². The highest BCUT2D eigenvalue weighted by Crippen LogP contribution is 2.06. The summed E-state index contributed by atoms with van der Waals surface area (Å²) in [6.07, 6.45) is 3.23. The van der Waals surface area contributed by atoms with Crippen LogP contribution in [0, 0.1) is 6.92 Å². The number of carbonyl (C=O) groups is 1. The Morgan fingerprint density at radius 1 is 1.53 bits per heavy atom. The lowest BCUT2D eigenvalue weighted by Gasteiger charge is -1.99. The molecule has 6 nitrogen and oxygen atoms in total. The zero-order chi connectivity index (χ0) is 10.8. The van der Waals surface area contributed by atoms with Crippen molar-refractivity contribution in [3.05, 3.63) is 23.9 Å². The van der Waals surface area contributed by atoms with Gasteiger partial charge >= 0.3 is 5.97 Å². The molecular formula is C9H10N4O2. The number of aromatic nitrogens is 4. The molecule has 0 atom stereocenters. The van der Waals surface area contributed by atoms with Crippen LogP contribution in [0.2, 0.25) is 0 Å². The van der Waals surface area contributed by atoms with E-state index in [-0.39, 0.29) is 5.82 Å². The number of nitrogens with zero attached hydrogens (tertiary/aromatic N) is 4. The number of esters is 1. The van der Waals surface area contributed by atoms with Crippen LogP contribution in [0.4, 0.5) is 0 Å². The summed E-state index contributed by atoms with van der Waals surface area (Å²) in [4.78, 5) is 15.5. The van der Waals surface area contributed by atoms with Crippen molar-refractivity contribution < 1.29 is 9.53 Å². The fourth-order valence-electron chi connectivity index (χ4n) is 1.28. The number of carbonyl (C=O) groups excluding carboxylic acids is 1. The predicted octanol–water partition coefficient (Wildman–Crippen LogP) is 0.609. The van der Waals surface area contributed by atoms with Crippen molar-refractivity contribution >= 4 is 11.6 Å². The zero-order valence-electron chi connectivity index (χ0n) is 8.47. The fourth-order valence-corrected chi connectivity index (χ4v) is 1.28. The molecule has 0 aliphatic carbocycles. The molecule has 2 rings (SSSR count). The summed E-state index contributed by atoms with van der Waals surface area (Å²) >= 11 is 0. The second-order valence-corrected chi connectivity index (χ2v) is 2.95. The van der Waals surface area contributed by atoms with Crippen molar-refractivity contribution in [3.63, 3.8) is 0 Å². The molecule has 0 fully saturated rings. The quantitative estimate of drug-likeness (QED) is 0.673. The molecule has 0 aliphatic heterocycles. The van der Waals surface area contributed by atoms with Gasteiger partial charge in [0.05, 0.1) is 12.3 Å². The molecule has 0 amide bonds. The van der Waals surface area contributed by atoms with E-state index in [4.69, 9.17) is 4.74 Å². The largest absolute Gasteiger partial charge is 0.460 e. The zero-order valence-corrected chi connectivity index (χ0v) is 8.47. The highest BCUT2D eigenvalue weighted by Gasteiger charge is 2.15. The number of aryl methyl sites for hydroxylation is 1. The van der Waals surface area contributed by atoms with Crippen molar-refractivity contribution in [1.29, 1.82) is 0 Å². The van der Waals surface area contributed by atoms with Crippen molar-refractivity contribution in [2.24, 2.45) is 0 Å². The normalized spacial score (nSPS) is 10.5. The molecule has 15 heavy (non-hydrogen) atoms. The highest BCUT2D eigenvalue weighted by atomic mass is 16.5. The summed E-state index contributed by atoms with van der Waals surface area (Å²) in [6, 6.07) is 0. The maximum atomic E-state index is 11.5. The van der Waals surface area contributed by atoms with Crippen LogP contribution in [-0.2, 0) is 4.74 Å². The van der Waals surface area contributed by atoms with E-state index < -0.39 is 5.97 Å². The SMILES string of the molecule is CCOC(=O)c1nnc2c(C)nccn12. The van der Waals surface area contributed by atoms with Crippen molar-refractivity contribution in [1.82, 2.24) is 19.6 Å². The van der Waals surface area contributed by atoms with E-state index in [1.54, 1.807) is 30.6 Å². The molecule has 0 N–H and O–H groups in total. The van der Waals surface area contributed by atoms with E-state index in [0.29, 0.717) is 12.3 Å². The third kappa shape index (κ3) is 1.54. The van der Waals surface area contributed by atoms with Crippen LogP contribution in [0.1, 0.15) is 23.2 Å². The topological polar surface area (TPSA) is 69.4 Å². The maximum absolute atomic E-state index is 11.5. The van der Waals surface area contributed by atoms with Crippen LogP contribution in [0.5, 0.6) is 0 Å². The smallest absolute Gasteiger partial charge is 0.376 e. The van der Waals surface area contributed by atoms with Gasteiger partial charge in [0.1, 0.15) is 0 Å². The van der Waals surface area contributed by atoms with Crippen LogP contribution in [0.25, 0.3) is 5.65 Å². The van der Waals surface area contributed by atoms with E-state index in [9.17, 15) is 4.79 Å². The van der Waals surface area contributed by atoms with Gasteiger partial charge in [0.25, 0.3) is 0 Å². The summed E-state index contributed by atoms with van der Waals surface area (Å²) in [5.74, 6) is -0.298. The Kier molecular flexibility index (Phi) is 2.32. The molecule has 0 aliphatic rings. The van der Waals surface area contributed by atoms with Crippen molar-refractivity contribution in [3.8, 4) is 0 Å². The number of hydrogen-bond acceptors (Lipinski definition) is 5. The van der Waals surface area contributed by atoms with Gasteiger partial charge in [0.2, 0.25) is 5.82 Å². The van der Waals surface area contributed by atoms with E-state index in [1.807, 2.05) is 0 Å². The first-order valence-corrected chi connectivity index (χ1v) is 4.57. The third-order valence-electron chi connectivity index (χ3n) is 1.96. The minimum absolute atomic E-state index is 0.178. The van der Waals surface area contributed by atoms with Gasteiger partial charge < -0.3 is 4.74 Å². The Hall–Kier alpha value is -1.98. The molecule has 0 unspecified atom stereocenters. The minimum Gasteiger partial charge on any atom is -0.460 e. The summed E-state index contributed by atoms with van der Waals surface area (Å²) < 4.78 is 6.42. The first-order chi connectivity index (χ1) is 7.24. The van der Waals surface area contributed by atoms with Crippen molar-refractivity contribution in [2.45, 2.75) is 13.8 Å². The Morgan fingerprint density at radius 3 is 3.07 bits per heavy atom. The monoisotopic (exact) mass is 206 g/mol. The molecule has 0 radical (unpaired) electrons. The Balaban J connectivity index is 2.54. The van der Waals surface area contributed by atoms with Crippen molar-refractivity contribution in [2.75, 3.05) is 6.61 Å². The van der Waals surface area contributed by atoms with Crippen LogP contribution in [0.15, 0.2) is 12.4 Å². The highest BCUT2D eigenvalue weighted by molar-refractivity contribution is 5.86. The Labute approximate surface area is 85.9 Å². The lowest BCUT2D eigenvalue weighted by Crippen LogP contribution is -2.09. The molecule has 78 valence electrons. The molecule has 6 heteroatoms. The van der Waals surface area contributed by atoms with Crippen LogP contribution >= 0.6 is 0 Å². The van der Waals surface area contributed by atoms with Gasteiger partial charge in [-0.25, -0.2) is 4.79 Å². The number of hydrogen-bond donors (Lipinski definition) is 0. The summed E-state index contributed by atoms with van der Waals surface area (Å²) in [6.45, 7) is 3.87. The third-order valence-corrected chi connectivity index (χ3v) is 1.96. The molecule has 0 aromatic carbocycles. The average Bonchev–Trinajstić information content (AvgIpc) is 2.63. The molecule has 2 heterocycles. The van der Waals surface area contributed by atoms with Crippen LogP contribution < -0.4 is 0 Å². The second kappa shape index (κ2) is 3.64. The number of ether oxygens (including phenoxy) is 1. The molecule has 2 aromatic heterocycles. The number of rotatable bonds is 2. The lowest BCUT2D eigenvalue weighted by molar-refractivity contribution is 0.0510. The molecular weight excluding hydrogens is 196 g/mol. The fraction of sp³-hybridized carbons (Fsp3) is 0.333. The predicted molar refractivity (Wildman–Crippen MR) is 51.5 cm³/mol. The second-order valence-electron chi connectivity index (χ2n) is 2.95. The first-order valence-electron chi connectivity index (χ1n) is 4.57.